The summed E-state index contributed by atoms with van der Waals surface area (Å²) in [6.45, 7) is 2.90. The molecule has 0 aromatic carbocycles. The van der Waals surface area contributed by atoms with Crippen LogP contribution in [0.2, 0.25) is 0 Å². The SMILES string of the molecule is C[C@H](NC(=O)[C@H]1CCCCN1)c1ccccn1. The molecule has 0 aliphatic carbocycles. The van der Waals surface area contributed by atoms with Crippen molar-refractivity contribution in [1.29, 1.82) is 0 Å². The van der Waals surface area contributed by atoms with Crippen LogP contribution >= 0.6 is 0 Å². The summed E-state index contributed by atoms with van der Waals surface area (Å²) < 4.78 is 0. The molecule has 0 bridgehead atoms. The van der Waals surface area contributed by atoms with E-state index in [1.165, 1.54) is 6.42 Å². The molecule has 2 N–H and O–H groups in total. The van der Waals surface area contributed by atoms with Gasteiger partial charge < -0.3 is 10.6 Å². The molecule has 1 fully saturated rings. The first kappa shape index (κ1) is 12.0. The van der Waals surface area contributed by atoms with Crippen molar-refractivity contribution in [2.45, 2.75) is 38.3 Å². The lowest BCUT2D eigenvalue weighted by Gasteiger charge is -2.24. The molecular weight excluding hydrogens is 214 g/mol. The van der Waals surface area contributed by atoms with Crippen molar-refractivity contribution in [3.05, 3.63) is 30.1 Å². The van der Waals surface area contributed by atoms with Gasteiger partial charge in [-0.3, -0.25) is 9.78 Å². The predicted molar refractivity (Wildman–Crippen MR) is 66.4 cm³/mol. The van der Waals surface area contributed by atoms with Gasteiger partial charge in [-0.25, -0.2) is 0 Å². The van der Waals surface area contributed by atoms with Gasteiger partial charge in [-0.05, 0) is 38.4 Å². The van der Waals surface area contributed by atoms with E-state index in [1.54, 1.807) is 6.20 Å². The Morgan fingerprint density at radius 1 is 1.53 bits per heavy atom. The standard InChI is InChI=1S/C13H19N3O/c1-10(11-6-2-4-8-14-11)16-13(17)12-7-3-5-9-15-12/h2,4,6,8,10,12,15H,3,5,7,9H2,1H3,(H,16,17)/t10-,12+/m0/s1. The van der Waals surface area contributed by atoms with Gasteiger partial charge in [0.05, 0.1) is 17.8 Å². The molecule has 1 saturated heterocycles. The van der Waals surface area contributed by atoms with Gasteiger partial charge in [0.25, 0.3) is 0 Å². The zero-order chi connectivity index (χ0) is 12.1. The molecule has 0 spiro atoms. The summed E-state index contributed by atoms with van der Waals surface area (Å²) in [4.78, 5) is 16.2. The number of aromatic nitrogens is 1. The highest BCUT2D eigenvalue weighted by atomic mass is 16.2. The third-order valence-electron chi connectivity index (χ3n) is 3.12. The van der Waals surface area contributed by atoms with E-state index in [4.69, 9.17) is 0 Å². The van der Waals surface area contributed by atoms with Crippen LogP contribution in [0.4, 0.5) is 0 Å². The number of carbonyl (C=O) groups excluding carboxylic acids is 1. The van der Waals surface area contributed by atoms with Gasteiger partial charge in [0.2, 0.25) is 5.91 Å². The Hall–Kier alpha value is -1.42. The summed E-state index contributed by atoms with van der Waals surface area (Å²) in [6, 6.07) is 5.67. The Kier molecular flexibility index (Phi) is 4.09. The summed E-state index contributed by atoms with van der Waals surface area (Å²) in [5.74, 6) is 0.0860. The highest BCUT2D eigenvalue weighted by molar-refractivity contribution is 5.82. The van der Waals surface area contributed by atoms with Crippen molar-refractivity contribution in [3.8, 4) is 0 Å². The van der Waals surface area contributed by atoms with Gasteiger partial charge >= 0.3 is 0 Å². The van der Waals surface area contributed by atoms with Gasteiger partial charge in [-0.2, -0.15) is 0 Å². The van der Waals surface area contributed by atoms with E-state index >= 15 is 0 Å². The van der Waals surface area contributed by atoms with Gasteiger partial charge in [0.1, 0.15) is 0 Å². The first-order valence-electron chi connectivity index (χ1n) is 6.22. The van der Waals surface area contributed by atoms with Crippen LogP contribution in [-0.2, 0) is 4.79 Å². The summed E-state index contributed by atoms with van der Waals surface area (Å²) in [6.07, 6.45) is 4.97. The number of hydrogen-bond donors (Lipinski definition) is 2. The maximum Gasteiger partial charge on any atom is 0.237 e. The van der Waals surface area contributed by atoms with Gasteiger partial charge in [-0.1, -0.05) is 12.5 Å². The average Bonchev–Trinajstić information content (AvgIpc) is 2.40. The van der Waals surface area contributed by atoms with E-state index < -0.39 is 0 Å². The minimum Gasteiger partial charge on any atom is -0.347 e. The Labute approximate surface area is 102 Å². The topological polar surface area (TPSA) is 54.0 Å². The molecule has 1 aliphatic rings. The fraction of sp³-hybridized carbons (Fsp3) is 0.538. The molecule has 1 aliphatic heterocycles. The zero-order valence-corrected chi connectivity index (χ0v) is 10.1. The molecule has 2 heterocycles. The lowest BCUT2D eigenvalue weighted by atomic mass is 10.0. The average molecular weight is 233 g/mol. The van der Waals surface area contributed by atoms with E-state index in [0.717, 1.165) is 25.1 Å². The molecule has 2 rings (SSSR count). The van der Waals surface area contributed by atoms with Crippen LogP contribution < -0.4 is 10.6 Å². The van der Waals surface area contributed by atoms with Crippen LogP contribution in [0, 0.1) is 0 Å². The largest absolute Gasteiger partial charge is 0.347 e. The Balaban J connectivity index is 1.89. The number of hydrogen-bond acceptors (Lipinski definition) is 3. The van der Waals surface area contributed by atoms with Gasteiger partial charge in [-0.15, -0.1) is 0 Å². The quantitative estimate of drug-likeness (QED) is 0.829. The van der Waals surface area contributed by atoms with Crippen molar-refractivity contribution >= 4 is 5.91 Å². The predicted octanol–water partition coefficient (Wildman–Crippen LogP) is 1.40. The Morgan fingerprint density at radius 2 is 2.41 bits per heavy atom. The highest BCUT2D eigenvalue weighted by Gasteiger charge is 2.22. The molecule has 4 heteroatoms. The molecule has 92 valence electrons. The van der Waals surface area contributed by atoms with E-state index in [2.05, 4.69) is 15.6 Å². The van der Waals surface area contributed by atoms with Crippen LogP contribution in [0.5, 0.6) is 0 Å². The van der Waals surface area contributed by atoms with Crippen molar-refractivity contribution in [1.82, 2.24) is 15.6 Å². The monoisotopic (exact) mass is 233 g/mol. The lowest BCUT2D eigenvalue weighted by molar-refractivity contribution is -0.124. The molecule has 2 atom stereocenters. The minimum absolute atomic E-state index is 0.0325. The summed E-state index contributed by atoms with van der Waals surface area (Å²) in [5.41, 5.74) is 0.900. The third kappa shape index (κ3) is 3.27. The summed E-state index contributed by atoms with van der Waals surface area (Å²) >= 11 is 0. The molecule has 0 unspecified atom stereocenters. The normalized spacial score (nSPS) is 21.8. The second-order valence-corrected chi connectivity index (χ2v) is 4.49. The first-order chi connectivity index (χ1) is 8.27. The number of pyridine rings is 1. The Morgan fingerprint density at radius 3 is 3.06 bits per heavy atom. The minimum atomic E-state index is -0.0348. The number of amides is 1. The number of carbonyl (C=O) groups is 1. The molecule has 0 radical (unpaired) electrons. The Bertz CT molecular complexity index is 360. The highest BCUT2D eigenvalue weighted by Crippen LogP contribution is 2.11. The van der Waals surface area contributed by atoms with Crippen molar-refractivity contribution in [2.24, 2.45) is 0 Å². The fourth-order valence-corrected chi connectivity index (χ4v) is 2.10. The van der Waals surface area contributed by atoms with Crippen LogP contribution in [0.15, 0.2) is 24.4 Å². The first-order valence-corrected chi connectivity index (χ1v) is 6.22. The van der Waals surface area contributed by atoms with E-state index in [9.17, 15) is 4.79 Å². The number of piperidine rings is 1. The van der Waals surface area contributed by atoms with E-state index in [0.29, 0.717) is 0 Å². The van der Waals surface area contributed by atoms with E-state index in [-0.39, 0.29) is 18.0 Å². The second kappa shape index (κ2) is 5.77. The van der Waals surface area contributed by atoms with Crippen molar-refractivity contribution in [2.75, 3.05) is 6.54 Å². The molecule has 1 aromatic rings. The van der Waals surface area contributed by atoms with Crippen LogP contribution in [0.3, 0.4) is 0 Å². The van der Waals surface area contributed by atoms with Crippen LogP contribution in [-0.4, -0.2) is 23.5 Å². The number of nitrogens with one attached hydrogen (secondary N) is 2. The molecule has 1 aromatic heterocycles. The second-order valence-electron chi connectivity index (χ2n) is 4.49. The zero-order valence-electron chi connectivity index (χ0n) is 10.1. The van der Waals surface area contributed by atoms with Crippen molar-refractivity contribution in [3.63, 3.8) is 0 Å². The van der Waals surface area contributed by atoms with Crippen molar-refractivity contribution < 1.29 is 4.79 Å². The number of nitrogens with zero attached hydrogens (tertiary/aromatic N) is 1. The maximum absolute atomic E-state index is 12.0. The van der Waals surface area contributed by atoms with Gasteiger partial charge in [0, 0.05) is 6.20 Å². The van der Waals surface area contributed by atoms with E-state index in [1.807, 2.05) is 25.1 Å². The molecular formula is C13H19N3O. The molecule has 0 saturated carbocycles. The molecule has 1 amide bonds. The summed E-state index contributed by atoms with van der Waals surface area (Å²) in [5, 5.41) is 6.25. The maximum atomic E-state index is 12.0. The molecule has 4 nitrogen and oxygen atoms in total. The lowest BCUT2D eigenvalue weighted by Crippen LogP contribution is -2.47. The third-order valence-corrected chi connectivity index (χ3v) is 3.12. The van der Waals surface area contributed by atoms with Crippen LogP contribution in [0.1, 0.15) is 37.9 Å². The fourth-order valence-electron chi connectivity index (χ4n) is 2.10. The summed E-state index contributed by atoms with van der Waals surface area (Å²) in [7, 11) is 0. The number of rotatable bonds is 3. The smallest absolute Gasteiger partial charge is 0.237 e. The molecule has 17 heavy (non-hydrogen) atoms. The van der Waals surface area contributed by atoms with Gasteiger partial charge in [0.15, 0.2) is 0 Å². The van der Waals surface area contributed by atoms with Crippen LogP contribution in [0.25, 0.3) is 0 Å².